The van der Waals surface area contributed by atoms with E-state index in [4.69, 9.17) is 11.6 Å². The van der Waals surface area contributed by atoms with Crippen LogP contribution in [0.2, 0.25) is 5.02 Å². The average molecular weight is 354 g/mol. The maximum Gasteiger partial charge on any atom is 0.243 e. The van der Waals surface area contributed by atoms with Crippen molar-refractivity contribution in [2.24, 2.45) is 0 Å². The van der Waals surface area contributed by atoms with Crippen LogP contribution in [0.3, 0.4) is 0 Å². The van der Waals surface area contributed by atoms with E-state index in [0.29, 0.717) is 16.4 Å². The summed E-state index contributed by atoms with van der Waals surface area (Å²) in [4.78, 5) is 4.10. The van der Waals surface area contributed by atoms with E-state index in [-0.39, 0.29) is 29.9 Å². The Morgan fingerprint density at radius 1 is 1.48 bits per heavy atom. The van der Waals surface area contributed by atoms with Gasteiger partial charge in [0.15, 0.2) is 5.65 Å². The van der Waals surface area contributed by atoms with Crippen LogP contribution in [0, 0.1) is 6.92 Å². The topological polar surface area (TPSA) is 88.4 Å². The van der Waals surface area contributed by atoms with Gasteiger partial charge in [0.25, 0.3) is 0 Å². The molecule has 2 aromatic rings. The average Bonchev–Trinajstić information content (AvgIpc) is 2.71. The molecule has 0 spiro atoms. The van der Waals surface area contributed by atoms with Gasteiger partial charge < -0.3 is 5.32 Å². The zero-order chi connectivity index (χ0) is 14.9. The zero-order valence-electron chi connectivity index (χ0n) is 11.8. The van der Waals surface area contributed by atoms with Crippen LogP contribution < -0.4 is 10.0 Å². The van der Waals surface area contributed by atoms with Gasteiger partial charge in [0, 0.05) is 12.6 Å². The second-order valence-corrected chi connectivity index (χ2v) is 6.64. The van der Waals surface area contributed by atoms with Gasteiger partial charge in [0.05, 0.1) is 18.1 Å². The molecule has 0 bridgehead atoms. The fraction of sp³-hybridized carbons (Fsp3) is 0.455. The van der Waals surface area contributed by atoms with E-state index in [1.165, 1.54) is 16.9 Å². The molecular formula is C11H17Cl2N5O2S. The standard InChI is InChI=1S/C11H16ClN5O2S.ClH/c1-7(13-3)4-15-20(18,19)9-5-14-11-10(12)8(2)16-17(11)6-9;/h5-7,13,15H,4H2,1-3H3;1H. The molecule has 10 heteroatoms. The lowest BCUT2D eigenvalue weighted by molar-refractivity contribution is 0.553. The molecule has 118 valence electrons. The van der Waals surface area contributed by atoms with Gasteiger partial charge in [-0.15, -0.1) is 12.4 Å². The SMILES string of the molecule is CNC(C)CNS(=O)(=O)c1cnc2c(Cl)c(C)nn2c1.Cl. The molecule has 0 fully saturated rings. The Morgan fingerprint density at radius 3 is 2.76 bits per heavy atom. The highest BCUT2D eigenvalue weighted by molar-refractivity contribution is 7.89. The summed E-state index contributed by atoms with van der Waals surface area (Å²) in [5.74, 6) is 0. The summed E-state index contributed by atoms with van der Waals surface area (Å²) >= 11 is 6.01. The number of aryl methyl sites for hydroxylation is 1. The summed E-state index contributed by atoms with van der Waals surface area (Å²) in [5, 5.41) is 7.49. The molecule has 21 heavy (non-hydrogen) atoms. The molecule has 0 aliphatic rings. The van der Waals surface area contributed by atoms with Gasteiger partial charge in [-0.25, -0.2) is 22.6 Å². The van der Waals surface area contributed by atoms with Gasteiger partial charge in [0.1, 0.15) is 9.92 Å². The van der Waals surface area contributed by atoms with E-state index >= 15 is 0 Å². The summed E-state index contributed by atoms with van der Waals surface area (Å²) in [7, 11) is -1.85. The highest BCUT2D eigenvalue weighted by Gasteiger charge is 2.18. The van der Waals surface area contributed by atoms with Crippen LogP contribution in [-0.4, -0.2) is 42.7 Å². The number of aromatic nitrogens is 3. The lowest BCUT2D eigenvalue weighted by atomic mass is 10.4. The molecule has 0 amide bonds. The van der Waals surface area contributed by atoms with Crippen LogP contribution in [0.25, 0.3) is 5.65 Å². The van der Waals surface area contributed by atoms with Crippen molar-refractivity contribution < 1.29 is 8.42 Å². The van der Waals surface area contributed by atoms with Gasteiger partial charge in [-0.3, -0.25) is 0 Å². The molecule has 1 atom stereocenters. The maximum atomic E-state index is 12.1. The maximum absolute atomic E-state index is 12.1. The summed E-state index contributed by atoms with van der Waals surface area (Å²) in [6.07, 6.45) is 2.67. The third kappa shape index (κ3) is 3.83. The van der Waals surface area contributed by atoms with Crippen LogP contribution in [0.1, 0.15) is 12.6 Å². The fourth-order valence-electron chi connectivity index (χ4n) is 1.56. The second kappa shape index (κ2) is 6.89. The van der Waals surface area contributed by atoms with Crippen LogP contribution in [0.4, 0.5) is 0 Å². The van der Waals surface area contributed by atoms with E-state index in [1.807, 2.05) is 6.92 Å². The van der Waals surface area contributed by atoms with E-state index < -0.39 is 10.0 Å². The molecule has 0 aliphatic heterocycles. The molecule has 0 aromatic carbocycles. The first-order valence-electron chi connectivity index (χ1n) is 6.02. The van der Waals surface area contributed by atoms with Crippen molar-refractivity contribution in [3.8, 4) is 0 Å². The van der Waals surface area contributed by atoms with Crippen LogP contribution in [-0.2, 0) is 10.0 Å². The van der Waals surface area contributed by atoms with Gasteiger partial charge >= 0.3 is 0 Å². The molecule has 0 aliphatic carbocycles. The number of nitrogens with one attached hydrogen (secondary N) is 2. The van der Waals surface area contributed by atoms with Gasteiger partial charge in [-0.05, 0) is 20.9 Å². The number of hydrogen-bond donors (Lipinski definition) is 2. The summed E-state index contributed by atoms with van der Waals surface area (Å²) < 4.78 is 28.1. The number of fused-ring (bicyclic) bond motifs is 1. The van der Waals surface area contributed by atoms with E-state index in [2.05, 4.69) is 20.1 Å². The minimum atomic E-state index is -3.62. The molecule has 0 radical (unpaired) electrons. The fourth-order valence-corrected chi connectivity index (χ4v) is 2.80. The number of likely N-dealkylation sites (N-methyl/N-ethyl adjacent to an activating group) is 1. The van der Waals surface area contributed by atoms with Crippen LogP contribution >= 0.6 is 24.0 Å². The molecule has 2 heterocycles. The second-order valence-electron chi connectivity index (χ2n) is 4.50. The number of hydrogen-bond acceptors (Lipinski definition) is 5. The minimum absolute atomic E-state index is 0. The highest BCUT2D eigenvalue weighted by atomic mass is 35.5. The molecule has 1 unspecified atom stereocenters. The van der Waals surface area contributed by atoms with Crippen molar-refractivity contribution in [1.82, 2.24) is 24.6 Å². The predicted molar refractivity (Wildman–Crippen MR) is 83.7 cm³/mol. The molecular weight excluding hydrogens is 337 g/mol. The number of halogens is 2. The first-order valence-corrected chi connectivity index (χ1v) is 7.88. The molecule has 0 saturated carbocycles. The van der Waals surface area contributed by atoms with Gasteiger partial charge in [0.2, 0.25) is 10.0 Å². The quantitative estimate of drug-likeness (QED) is 0.836. The Kier molecular flexibility index (Phi) is 5.94. The Morgan fingerprint density at radius 2 is 2.14 bits per heavy atom. The first-order chi connectivity index (χ1) is 9.35. The molecule has 7 nitrogen and oxygen atoms in total. The lowest BCUT2D eigenvalue weighted by Gasteiger charge is -2.11. The number of sulfonamides is 1. The Balaban J connectivity index is 0.00000220. The third-order valence-electron chi connectivity index (χ3n) is 2.93. The monoisotopic (exact) mass is 353 g/mol. The molecule has 2 rings (SSSR count). The molecule has 0 saturated heterocycles. The Labute approximate surface area is 134 Å². The van der Waals surface area contributed by atoms with Crippen LogP contribution in [0.15, 0.2) is 17.3 Å². The third-order valence-corrected chi connectivity index (χ3v) is 4.76. The van der Waals surface area contributed by atoms with Crippen molar-refractivity contribution in [3.05, 3.63) is 23.1 Å². The van der Waals surface area contributed by atoms with E-state index in [9.17, 15) is 8.42 Å². The van der Waals surface area contributed by atoms with Crippen molar-refractivity contribution in [2.45, 2.75) is 24.8 Å². The predicted octanol–water partition coefficient (Wildman–Crippen LogP) is 0.999. The van der Waals surface area contributed by atoms with Gasteiger partial charge in [-0.2, -0.15) is 5.10 Å². The van der Waals surface area contributed by atoms with Crippen molar-refractivity contribution in [1.29, 1.82) is 0 Å². The Hall–Kier alpha value is -0.930. The smallest absolute Gasteiger partial charge is 0.243 e. The minimum Gasteiger partial charge on any atom is -0.316 e. The lowest BCUT2D eigenvalue weighted by Crippen LogP contribution is -2.37. The van der Waals surface area contributed by atoms with Gasteiger partial charge in [-0.1, -0.05) is 11.6 Å². The first kappa shape index (κ1) is 18.1. The van der Waals surface area contributed by atoms with Crippen molar-refractivity contribution in [2.75, 3.05) is 13.6 Å². The van der Waals surface area contributed by atoms with E-state index in [1.54, 1.807) is 14.0 Å². The van der Waals surface area contributed by atoms with E-state index in [0.717, 1.165) is 0 Å². The van der Waals surface area contributed by atoms with Crippen molar-refractivity contribution in [3.63, 3.8) is 0 Å². The largest absolute Gasteiger partial charge is 0.316 e. The summed E-state index contributed by atoms with van der Waals surface area (Å²) in [6.45, 7) is 3.90. The highest BCUT2D eigenvalue weighted by Crippen LogP contribution is 2.20. The van der Waals surface area contributed by atoms with Crippen molar-refractivity contribution >= 4 is 39.7 Å². The summed E-state index contributed by atoms with van der Waals surface area (Å²) in [6, 6.07) is 0.0304. The Bertz CT molecular complexity index is 732. The number of rotatable bonds is 5. The summed E-state index contributed by atoms with van der Waals surface area (Å²) in [5.41, 5.74) is 1.04. The van der Waals surface area contributed by atoms with Crippen LogP contribution in [0.5, 0.6) is 0 Å². The molecule has 2 aromatic heterocycles. The normalized spacial score (nSPS) is 13.1. The zero-order valence-corrected chi connectivity index (χ0v) is 14.2. The number of nitrogens with zero attached hydrogens (tertiary/aromatic N) is 3. The molecule has 2 N–H and O–H groups in total.